The topological polar surface area (TPSA) is 52.9 Å². The third kappa shape index (κ3) is 3.98. The first-order valence-electron chi connectivity index (χ1n) is 6.03. The van der Waals surface area contributed by atoms with Gasteiger partial charge in [0.2, 0.25) is 5.91 Å². The number of benzene rings is 2. The van der Waals surface area contributed by atoms with Crippen molar-refractivity contribution in [2.45, 2.75) is 0 Å². The highest BCUT2D eigenvalue weighted by Crippen LogP contribution is 2.13. The van der Waals surface area contributed by atoms with E-state index in [2.05, 4.69) is 5.32 Å². The maximum Gasteiger partial charge on any atom is 0.248 e. The minimum absolute atomic E-state index is 0.170. The Kier molecular flexibility index (Phi) is 4.42. The molecule has 104 valence electrons. The first-order valence-corrected chi connectivity index (χ1v) is 6.03. The number of hydrogen-bond donors (Lipinski definition) is 1. The summed E-state index contributed by atoms with van der Waals surface area (Å²) in [7, 11) is 0. The highest BCUT2D eigenvalue weighted by Gasteiger charge is 2.04. The standard InChI is InChI=1S/C16H10F2N2O/c17-14-7-6-13(9-15(14)18)20-16(21)8-5-11-1-3-12(10-19)4-2-11/h1-9H,(H,20,21)/b8-5+. The first-order chi connectivity index (χ1) is 10.1. The summed E-state index contributed by atoms with van der Waals surface area (Å²) in [6.07, 6.45) is 2.82. The number of hydrogen-bond acceptors (Lipinski definition) is 2. The molecule has 5 heteroatoms. The second kappa shape index (κ2) is 6.44. The summed E-state index contributed by atoms with van der Waals surface area (Å²) >= 11 is 0. The van der Waals surface area contributed by atoms with Crippen molar-refractivity contribution >= 4 is 17.7 Å². The van der Waals surface area contributed by atoms with Crippen LogP contribution in [0, 0.1) is 23.0 Å². The average molecular weight is 284 g/mol. The Balaban J connectivity index is 2.01. The SMILES string of the molecule is N#Cc1ccc(/C=C/C(=O)Nc2ccc(F)c(F)c2)cc1. The first kappa shape index (κ1) is 14.4. The van der Waals surface area contributed by atoms with Gasteiger partial charge in [-0.1, -0.05) is 12.1 Å². The highest BCUT2D eigenvalue weighted by atomic mass is 19.2. The van der Waals surface area contributed by atoms with Gasteiger partial charge in [-0.3, -0.25) is 4.79 Å². The molecule has 2 aromatic carbocycles. The molecule has 0 aliphatic heterocycles. The molecule has 2 rings (SSSR count). The van der Waals surface area contributed by atoms with Gasteiger partial charge < -0.3 is 5.32 Å². The summed E-state index contributed by atoms with van der Waals surface area (Å²) in [5.74, 6) is -2.46. The van der Waals surface area contributed by atoms with Crippen LogP contribution in [0.3, 0.4) is 0 Å². The Morgan fingerprint density at radius 2 is 1.81 bits per heavy atom. The van der Waals surface area contributed by atoms with Crippen LogP contribution in [0.25, 0.3) is 6.08 Å². The van der Waals surface area contributed by atoms with E-state index >= 15 is 0 Å². The van der Waals surface area contributed by atoms with Crippen molar-refractivity contribution in [3.05, 3.63) is 71.3 Å². The van der Waals surface area contributed by atoms with Crippen LogP contribution in [0.1, 0.15) is 11.1 Å². The molecule has 0 aromatic heterocycles. The number of nitrogens with zero attached hydrogens (tertiary/aromatic N) is 1. The van der Waals surface area contributed by atoms with E-state index in [0.29, 0.717) is 5.56 Å². The Labute approximate surface area is 120 Å². The number of halogens is 2. The van der Waals surface area contributed by atoms with Crippen molar-refractivity contribution < 1.29 is 13.6 Å². The largest absolute Gasteiger partial charge is 0.322 e. The molecule has 0 unspecified atom stereocenters. The van der Waals surface area contributed by atoms with Crippen molar-refractivity contribution in [3.8, 4) is 6.07 Å². The lowest BCUT2D eigenvalue weighted by atomic mass is 10.1. The summed E-state index contributed by atoms with van der Waals surface area (Å²) in [6, 6.07) is 11.8. The second-order valence-corrected chi connectivity index (χ2v) is 4.19. The highest BCUT2D eigenvalue weighted by molar-refractivity contribution is 6.01. The maximum absolute atomic E-state index is 13.0. The van der Waals surface area contributed by atoms with Crippen molar-refractivity contribution in [2.24, 2.45) is 0 Å². The number of carbonyl (C=O) groups excluding carboxylic acids is 1. The van der Waals surface area contributed by atoms with Crippen molar-refractivity contribution in [1.29, 1.82) is 5.26 Å². The lowest BCUT2D eigenvalue weighted by molar-refractivity contribution is -0.111. The molecular weight excluding hydrogens is 274 g/mol. The predicted molar refractivity (Wildman–Crippen MR) is 75.2 cm³/mol. The molecule has 0 aliphatic rings. The van der Waals surface area contributed by atoms with E-state index in [0.717, 1.165) is 17.7 Å². The summed E-state index contributed by atoms with van der Waals surface area (Å²) in [4.78, 5) is 11.6. The predicted octanol–water partition coefficient (Wildman–Crippen LogP) is 3.49. The maximum atomic E-state index is 13.0. The molecule has 0 bridgehead atoms. The molecule has 2 aromatic rings. The number of carbonyl (C=O) groups is 1. The smallest absolute Gasteiger partial charge is 0.248 e. The van der Waals surface area contributed by atoms with E-state index in [1.165, 1.54) is 12.1 Å². The molecule has 0 heterocycles. The van der Waals surface area contributed by atoms with Gasteiger partial charge in [0.1, 0.15) is 0 Å². The summed E-state index contributed by atoms with van der Waals surface area (Å²) in [6.45, 7) is 0. The molecule has 0 radical (unpaired) electrons. The molecule has 0 atom stereocenters. The zero-order valence-corrected chi connectivity index (χ0v) is 10.8. The van der Waals surface area contributed by atoms with Gasteiger partial charge in [0.15, 0.2) is 11.6 Å². The minimum Gasteiger partial charge on any atom is -0.322 e. The van der Waals surface area contributed by atoms with E-state index in [-0.39, 0.29) is 5.69 Å². The fourth-order valence-corrected chi connectivity index (χ4v) is 1.60. The van der Waals surface area contributed by atoms with Crippen LogP contribution < -0.4 is 5.32 Å². The van der Waals surface area contributed by atoms with Crippen LogP contribution in [0.4, 0.5) is 14.5 Å². The molecule has 1 amide bonds. The van der Waals surface area contributed by atoms with Crippen LogP contribution in [0.2, 0.25) is 0 Å². The molecular formula is C16H10F2N2O. The Hall–Kier alpha value is -3.00. The number of amides is 1. The normalized spacial score (nSPS) is 10.3. The van der Waals surface area contributed by atoms with E-state index in [4.69, 9.17) is 5.26 Å². The molecule has 0 aliphatic carbocycles. The Bertz CT molecular complexity index is 731. The quantitative estimate of drug-likeness (QED) is 0.877. The molecule has 0 saturated heterocycles. The van der Waals surface area contributed by atoms with E-state index in [1.54, 1.807) is 30.3 Å². The lowest BCUT2D eigenvalue weighted by Crippen LogP contribution is -2.08. The number of anilines is 1. The van der Waals surface area contributed by atoms with E-state index in [9.17, 15) is 13.6 Å². The molecule has 0 spiro atoms. The zero-order chi connectivity index (χ0) is 15.2. The Morgan fingerprint density at radius 3 is 2.43 bits per heavy atom. The van der Waals surface area contributed by atoms with Gasteiger partial charge in [-0.2, -0.15) is 5.26 Å². The average Bonchev–Trinajstić information content (AvgIpc) is 2.49. The minimum atomic E-state index is -1.02. The van der Waals surface area contributed by atoms with Crippen LogP contribution in [-0.2, 0) is 4.79 Å². The van der Waals surface area contributed by atoms with Gasteiger partial charge in [0.05, 0.1) is 11.6 Å². The van der Waals surface area contributed by atoms with Gasteiger partial charge >= 0.3 is 0 Å². The third-order valence-corrected chi connectivity index (χ3v) is 2.65. The van der Waals surface area contributed by atoms with Crippen LogP contribution in [-0.4, -0.2) is 5.91 Å². The monoisotopic (exact) mass is 284 g/mol. The van der Waals surface area contributed by atoms with Crippen molar-refractivity contribution in [1.82, 2.24) is 0 Å². The van der Waals surface area contributed by atoms with E-state index in [1.807, 2.05) is 6.07 Å². The fourth-order valence-electron chi connectivity index (χ4n) is 1.60. The fraction of sp³-hybridized carbons (Fsp3) is 0. The molecule has 0 fully saturated rings. The van der Waals surface area contributed by atoms with Crippen molar-refractivity contribution in [2.75, 3.05) is 5.32 Å². The zero-order valence-electron chi connectivity index (χ0n) is 10.8. The number of nitrogens with one attached hydrogen (secondary N) is 1. The second-order valence-electron chi connectivity index (χ2n) is 4.19. The van der Waals surface area contributed by atoms with Crippen LogP contribution >= 0.6 is 0 Å². The molecule has 3 nitrogen and oxygen atoms in total. The van der Waals surface area contributed by atoms with Crippen molar-refractivity contribution in [3.63, 3.8) is 0 Å². The van der Waals surface area contributed by atoms with Gasteiger partial charge in [0.25, 0.3) is 0 Å². The molecule has 21 heavy (non-hydrogen) atoms. The summed E-state index contributed by atoms with van der Waals surface area (Å²) in [5.41, 5.74) is 1.44. The Morgan fingerprint density at radius 1 is 1.10 bits per heavy atom. The lowest BCUT2D eigenvalue weighted by Gasteiger charge is -2.02. The summed E-state index contributed by atoms with van der Waals surface area (Å²) < 4.78 is 25.7. The van der Waals surface area contributed by atoms with Crippen LogP contribution in [0.5, 0.6) is 0 Å². The number of rotatable bonds is 3. The van der Waals surface area contributed by atoms with Gasteiger partial charge in [-0.05, 0) is 35.9 Å². The third-order valence-electron chi connectivity index (χ3n) is 2.65. The van der Waals surface area contributed by atoms with Gasteiger partial charge in [-0.15, -0.1) is 0 Å². The van der Waals surface area contributed by atoms with E-state index < -0.39 is 17.5 Å². The van der Waals surface area contributed by atoms with Crippen LogP contribution in [0.15, 0.2) is 48.5 Å². The summed E-state index contributed by atoms with van der Waals surface area (Å²) in [5, 5.41) is 11.1. The van der Waals surface area contributed by atoms with Gasteiger partial charge in [0, 0.05) is 17.8 Å². The molecule has 0 saturated carbocycles. The number of nitriles is 1. The van der Waals surface area contributed by atoms with Gasteiger partial charge in [-0.25, -0.2) is 8.78 Å². The molecule has 1 N–H and O–H groups in total.